The molecule has 102 valence electrons. The van der Waals surface area contributed by atoms with Gasteiger partial charge in [-0.3, -0.25) is 4.57 Å². The zero-order valence-electron chi connectivity index (χ0n) is 11.2. The maximum atomic E-state index is 10.8. The number of nitrogens with one attached hydrogen (secondary N) is 1. The largest absolute Gasteiger partial charge is 0.406 e. The molecule has 0 aliphatic carbocycles. The molecule has 0 radical (unpaired) electrons. The van der Waals surface area contributed by atoms with Gasteiger partial charge in [-0.15, -0.1) is 0 Å². The van der Waals surface area contributed by atoms with Crippen LogP contribution in [0.4, 0.5) is 11.6 Å². The standard InChI is InChI=1S/C11H20N4O3/c1-7(2)5-9(16)6-12-10-11(15(17)18)13-8(3)14(10)4/h7,9,12,16H,5-6H2,1-4H3. The SMILES string of the molecule is Cc1nc([N+](=O)[O-])c(NCC(O)CC(C)C)n1C. The zero-order chi connectivity index (χ0) is 13.9. The molecule has 1 atom stereocenters. The van der Waals surface area contributed by atoms with Gasteiger partial charge >= 0.3 is 5.82 Å². The fourth-order valence-electron chi connectivity index (χ4n) is 1.76. The second-order valence-electron chi connectivity index (χ2n) is 4.81. The molecular weight excluding hydrogens is 236 g/mol. The first kappa shape index (κ1) is 14.4. The van der Waals surface area contributed by atoms with Gasteiger partial charge in [-0.2, -0.15) is 0 Å². The number of hydrogen-bond donors (Lipinski definition) is 2. The Morgan fingerprint density at radius 3 is 2.67 bits per heavy atom. The van der Waals surface area contributed by atoms with E-state index >= 15 is 0 Å². The molecule has 2 N–H and O–H groups in total. The number of anilines is 1. The number of nitro groups is 1. The van der Waals surface area contributed by atoms with Gasteiger partial charge in [0.05, 0.1) is 6.10 Å². The molecular formula is C11H20N4O3. The summed E-state index contributed by atoms with van der Waals surface area (Å²) >= 11 is 0. The van der Waals surface area contributed by atoms with Gasteiger partial charge in [-0.1, -0.05) is 13.8 Å². The lowest BCUT2D eigenvalue weighted by Crippen LogP contribution is -2.22. The summed E-state index contributed by atoms with van der Waals surface area (Å²) in [5.41, 5.74) is 0. The van der Waals surface area contributed by atoms with Crippen molar-refractivity contribution in [1.82, 2.24) is 9.55 Å². The predicted octanol–water partition coefficient (Wildman–Crippen LogP) is 1.46. The van der Waals surface area contributed by atoms with Crippen LogP contribution >= 0.6 is 0 Å². The Balaban J connectivity index is 2.75. The number of hydrogen-bond acceptors (Lipinski definition) is 5. The van der Waals surface area contributed by atoms with Crippen LogP contribution in [-0.4, -0.2) is 32.2 Å². The topological polar surface area (TPSA) is 93.2 Å². The maximum absolute atomic E-state index is 10.8. The van der Waals surface area contributed by atoms with E-state index in [0.717, 1.165) is 0 Å². The van der Waals surface area contributed by atoms with Gasteiger partial charge in [-0.25, -0.2) is 0 Å². The first-order valence-corrected chi connectivity index (χ1v) is 5.92. The minimum absolute atomic E-state index is 0.202. The number of aliphatic hydroxyl groups is 1. The number of aliphatic hydroxyl groups excluding tert-OH is 1. The summed E-state index contributed by atoms with van der Waals surface area (Å²) in [6.45, 7) is 6.00. The Labute approximate surface area is 106 Å². The third-order valence-electron chi connectivity index (χ3n) is 2.72. The summed E-state index contributed by atoms with van der Waals surface area (Å²) in [5, 5.41) is 23.5. The number of rotatable bonds is 6. The molecule has 1 unspecified atom stereocenters. The molecule has 0 saturated carbocycles. The van der Waals surface area contributed by atoms with E-state index in [-0.39, 0.29) is 12.4 Å². The lowest BCUT2D eigenvalue weighted by molar-refractivity contribution is -0.388. The van der Waals surface area contributed by atoms with Gasteiger partial charge < -0.3 is 20.5 Å². The molecule has 7 nitrogen and oxygen atoms in total. The molecule has 0 aliphatic rings. The Hall–Kier alpha value is -1.63. The summed E-state index contributed by atoms with van der Waals surface area (Å²) in [6, 6.07) is 0. The lowest BCUT2D eigenvalue weighted by Gasteiger charge is -2.14. The van der Waals surface area contributed by atoms with E-state index in [1.54, 1.807) is 18.5 Å². The van der Waals surface area contributed by atoms with E-state index in [4.69, 9.17) is 0 Å². The Kier molecular flexibility index (Phi) is 4.66. The van der Waals surface area contributed by atoms with Crippen molar-refractivity contribution in [3.63, 3.8) is 0 Å². The fraction of sp³-hybridized carbons (Fsp3) is 0.727. The third kappa shape index (κ3) is 3.43. The normalized spacial score (nSPS) is 12.8. The molecule has 0 saturated heterocycles. The summed E-state index contributed by atoms with van der Waals surface area (Å²) in [4.78, 5) is 14.2. The quantitative estimate of drug-likeness (QED) is 0.593. The highest BCUT2D eigenvalue weighted by Crippen LogP contribution is 2.23. The minimum Gasteiger partial charge on any atom is -0.391 e. The van der Waals surface area contributed by atoms with Crippen LogP contribution in [0.3, 0.4) is 0 Å². The van der Waals surface area contributed by atoms with Gasteiger partial charge in [0.25, 0.3) is 0 Å². The monoisotopic (exact) mass is 256 g/mol. The minimum atomic E-state index is -0.528. The molecule has 18 heavy (non-hydrogen) atoms. The summed E-state index contributed by atoms with van der Waals surface area (Å²) in [7, 11) is 1.70. The molecule has 0 spiro atoms. The van der Waals surface area contributed by atoms with Crippen LogP contribution in [0.1, 0.15) is 26.1 Å². The van der Waals surface area contributed by atoms with Gasteiger partial charge in [0.1, 0.15) is 0 Å². The number of aryl methyl sites for hydroxylation is 1. The summed E-state index contributed by atoms with van der Waals surface area (Å²) < 4.78 is 1.61. The Morgan fingerprint density at radius 1 is 1.56 bits per heavy atom. The highest BCUT2D eigenvalue weighted by atomic mass is 16.6. The van der Waals surface area contributed by atoms with Crippen molar-refractivity contribution in [2.45, 2.75) is 33.3 Å². The summed E-state index contributed by atoms with van der Waals surface area (Å²) in [5.74, 6) is 1.07. The van der Waals surface area contributed by atoms with E-state index in [2.05, 4.69) is 10.3 Å². The molecule has 0 bridgehead atoms. The first-order valence-electron chi connectivity index (χ1n) is 5.92. The van der Waals surface area contributed by atoms with Gasteiger partial charge in [0, 0.05) is 20.5 Å². The van der Waals surface area contributed by atoms with Crippen LogP contribution in [0.15, 0.2) is 0 Å². The lowest BCUT2D eigenvalue weighted by atomic mass is 10.1. The molecule has 1 heterocycles. The molecule has 1 aromatic heterocycles. The molecule has 0 aromatic carbocycles. The van der Waals surface area contributed by atoms with Crippen molar-refractivity contribution in [1.29, 1.82) is 0 Å². The average Bonchev–Trinajstić information content (AvgIpc) is 2.52. The molecule has 1 rings (SSSR count). The van der Waals surface area contributed by atoms with Crippen LogP contribution in [0, 0.1) is 23.0 Å². The van der Waals surface area contributed by atoms with Gasteiger partial charge in [0.15, 0.2) is 0 Å². The van der Waals surface area contributed by atoms with E-state index < -0.39 is 11.0 Å². The maximum Gasteiger partial charge on any atom is 0.406 e. The second-order valence-corrected chi connectivity index (χ2v) is 4.81. The summed E-state index contributed by atoms with van der Waals surface area (Å²) in [6.07, 6.45) is 0.122. The van der Waals surface area contributed by atoms with Crippen LogP contribution in [0.25, 0.3) is 0 Å². The number of aromatic nitrogens is 2. The van der Waals surface area contributed by atoms with Crippen molar-refractivity contribution in [2.75, 3.05) is 11.9 Å². The van der Waals surface area contributed by atoms with Gasteiger partial charge in [0.2, 0.25) is 11.6 Å². The van der Waals surface area contributed by atoms with Crippen molar-refractivity contribution in [3.8, 4) is 0 Å². The highest BCUT2D eigenvalue weighted by molar-refractivity contribution is 5.53. The van der Waals surface area contributed by atoms with E-state index in [9.17, 15) is 15.2 Å². The van der Waals surface area contributed by atoms with E-state index in [0.29, 0.717) is 24.0 Å². The van der Waals surface area contributed by atoms with Crippen molar-refractivity contribution in [2.24, 2.45) is 13.0 Å². The van der Waals surface area contributed by atoms with E-state index in [1.807, 2.05) is 13.8 Å². The molecule has 0 fully saturated rings. The molecule has 7 heteroatoms. The Morgan fingerprint density at radius 2 is 2.17 bits per heavy atom. The van der Waals surface area contributed by atoms with Gasteiger partial charge in [-0.05, 0) is 22.2 Å². The fourth-order valence-corrected chi connectivity index (χ4v) is 1.76. The highest BCUT2D eigenvalue weighted by Gasteiger charge is 2.23. The first-order chi connectivity index (χ1) is 8.32. The smallest absolute Gasteiger partial charge is 0.391 e. The van der Waals surface area contributed by atoms with E-state index in [1.165, 1.54) is 0 Å². The number of nitrogens with zero attached hydrogens (tertiary/aromatic N) is 3. The van der Waals surface area contributed by atoms with Crippen LogP contribution in [-0.2, 0) is 7.05 Å². The predicted molar refractivity (Wildman–Crippen MR) is 68.6 cm³/mol. The number of imidazole rings is 1. The zero-order valence-corrected chi connectivity index (χ0v) is 11.2. The molecule has 1 aromatic rings. The Bertz CT molecular complexity index is 428. The van der Waals surface area contributed by atoms with Crippen molar-refractivity contribution >= 4 is 11.6 Å². The third-order valence-corrected chi connectivity index (χ3v) is 2.72. The average molecular weight is 256 g/mol. The molecule has 0 aliphatic heterocycles. The van der Waals surface area contributed by atoms with Crippen LogP contribution in [0.2, 0.25) is 0 Å². The molecule has 0 amide bonds. The van der Waals surface area contributed by atoms with Crippen molar-refractivity contribution in [3.05, 3.63) is 15.9 Å². The second kappa shape index (κ2) is 5.81. The van der Waals surface area contributed by atoms with Crippen LogP contribution in [0.5, 0.6) is 0 Å². The van der Waals surface area contributed by atoms with Crippen molar-refractivity contribution < 1.29 is 10.0 Å². The van der Waals surface area contributed by atoms with Crippen LogP contribution < -0.4 is 5.32 Å².